The average Bonchev–Trinajstić information content (AvgIpc) is 1.76. The number of hydrogen-bond donors (Lipinski definition) is 1. The van der Waals surface area contributed by atoms with Crippen LogP contribution in [0.3, 0.4) is 0 Å². The Kier molecular flexibility index (Phi) is 35.3. The Balaban J connectivity index is 0.000000175. The molecule has 104 heavy (non-hydrogen) atoms. The van der Waals surface area contributed by atoms with Gasteiger partial charge in [-0.1, -0.05) is 182 Å². The quantitative estimate of drug-likeness (QED) is 0.0415. The van der Waals surface area contributed by atoms with E-state index in [1.807, 2.05) is 68.5 Å². The number of ether oxygens (including phenoxy) is 4. The van der Waals surface area contributed by atoms with Crippen LogP contribution in [0.5, 0.6) is 0 Å². The van der Waals surface area contributed by atoms with E-state index < -0.39 is 14.6 Å². The molecule has 21 heteroatoms. The van der Waals surface area contributed by atoms with Crippen LogP contribution in [0.2, 0.25) is 0 Å². The fraction of sp³-hybridized carbons (Fsp3) is 0.518. The lowest BCUT2D eigenvalue weighted by Gasteiger charge is -2.41. The van der Waals surface area contributed by atoms with Gasteiger partial charge in [-0.2, -0.15) is 0 Å². The predicted octanol–water partition coefficient (Wildman–Crippen LogP) is 17.7. The van der Waals surface area contributed by atoms with E-state index >= 15 is 0 Å². The van der Waals surface area contributed by atoms with Gasteiger partial charge in [0, 0.05) is 111 Å². The molecule has 5 heterocycles. The molecule has 0 radical (unpaired) electrons. The molecule has 1 saturated carbocycles. The number of ketones is 2. The highest BCUT2D eigenvalue weighted by atomic mass is 79.9. The smallest absolute Gasteiger partial charge is 0.338 e. The van der Waals surface area contributed by atoms with Crippen molar-refractivity contribution >= 4 is 120 Å². The SMILES string of the molecule is C1CCC(N2CCOCC2)CC1.CCc1ccc(C(C)(C)O)cc1N1CCC(N2CCOCC2)CC1.CCc1ccc(C(C)=O)cc1Br.CCc1ccc(C(C)=O)cc1N1CCC(N2CCOCC2)CC1.O=C(Cl)C(Cl)(Cl)Cl.[C-]#[N+]c1ccc2c(c1)CC=C2.[C-]#[N+]c1ccc2c(c1)CC=C2C(=O)OC. The first-order valence-electron chi connectivity index (χ1n) is 36.9. The lowest BCUT2D eigenvalue weighted by Crippen LogP contribution is -2.49. The van der Waals surface area contributed by atoms with E-state index in [1.54, 1.807) is 26.0 Å². The Bertz CT molecular complexity index is 3750. The zero-order valence-electron chi connectivity index (χ0n) is 62.1. The van der Waals surface area contributed by atoms with Gasteiger partial charge >= 0.3 is 5.97 Å². The Morgan fingerprint density at radius 3 is 1.43 bits per heavy atom. The second-order valence-corrected chi connectivity index (χ2v) is 31.0. The molecule has 16 nitrogen and oxygen atoms in total. The van der Waals surface area contributed by atoms with Crippen LogP contribution in [-0.2, 0) is 66.2 Å². The summed E-state index contributed by atoms with van der Waals surface area (Å²) < 4.78 is 20.0. The number of alkyl halides is 3. The number of rotatable bonds is 12. The minimum atomic E-state index is -1.96. The van der Waals surface area contributed by atoms with Crippen molar-refractivity contribution in [1.29, 1.82) is 0 Å². The van der Waals surface area contributed by atoms with Crippen LogP contribution in [0.4, 0.5) is 22.7 Å². The summed E-state index contributed by atoms with van der Waals surface area (Å²) in [5.74, 6) is -0.0558. The molecule has 0 spiro atoms. The molecule has 0 atom stereocenters. The van der Waals surface area contributed by atoms with Crippen LogP contribution in [0, 0.1) is 13.1 Å². The van der Waals surface area contributed by atoms with Crippen molar-refractivity contribution in [2.24, 2.45) is 0 Å². The first-order chi connectivity index (χ1) is 49.9. The van der Waals surface area contributed by atoms with Crippen LogP contribution in [0.25, 0.3) is 21.3 Å². The van der Waals surface area contributed by atoms with Gasteiger partial charge in [-0.25, -0.2) is 14.5 Å². The third kappa shape index (κ3) is 26.2. The number of piperidine rings is 2. The van der Waals surface area contributed by atoms with Crippen LogP contribution in [0.15, 0.2) is 108 Å². The second-order valence-electron chi connectivity index (χ2n) is 27.5. The van der Waals surface area contributed by atoms with Gasteiger partial charge in [-0.05, 0) is 173 Å². The number of aliphatic hydroxyl groups is 1. The number of hydrogen-bond acceptors (Lipinski definition) is 14. The number of halogens is 5. The van der Waals surface area contributed by atoms with Crippen molar-refractivity contribution in [3.8, 4) is 0 Å². The van der Waals surface area contributed by atoms with E-state index in [0.717, 1.165) is 162 Å². The molecule has 8 aliphatic rings. The van der Waals surface area contributed by atoms with E-state index in [-0.39, 0.29) is 17.5 Å². The summed E-state index contributed by atoms with van der Waals surface area (Å²) in [5.41, 5.74) is 14.7. The van der Waals surface area contributed by atoms with Crippen LogP contribution < -0.4 is 9.80 Å². The number of morpholine rings is 3. The largest absolute Gasteiger partial charge is 0.465 e. The van der Waals surface area contributed by atoms with Gasteiger partial charge in [-0.3, -0.25) is 29.1 Å². The molecule has 0 bridgehead atoms. The third-order valence-electron chi connectivity index (χ3n) is 20.3. The van der Waals surface area contributed by atoms with E-state index in [4.69, 9.17) is 73.8 Å². The predicted molar refractivity (Wildman–Crippen MR) is 428 cm³/mol. The molecule has 5 aliphatic heterocycles. The summed E-state index contributed by atoms with van der Waals surface area (Å²) in [7, 11) is 1.37. The molecule has 5 aromatic rings. The van der Waals surface area contributed by atoms with E-state index in [9.17, 15) is 24.3 Å². The number of carbonyl (C=O) groups excluding carboxylic acids is 4. The second kappa shape index (κ2) is 43.1. The van der Waals surface area contributed by atoms with Crippen molar-refractivity contribution in [2.75, 3.05) is 122 Å². The highest BCUT2D eigenvalue weighted by Crippen LogP contribution is 2.35. The number of nitrogens with zero attached hydrogens (tertiary/aromatic N) is 7. The number of benzene rings is 5. The molecule has 0 amide bonds. The summed E-state index contributed by atoms with van der Waals surface area (Å²) >= 11 is 22.9. The first-order valence-corrected chi connectivity index (χ1v) is 39.2. The Morgan fingerprint density at radius 2 is 1.00 bits per heavy atom. The molecule has 5 aromatic carbocycles. The Hall–Kier alpha value is -6.00. The number of anilines is 2. The normalized spacial score (nSPS) is 17.9. The molecular weight excluding hydrogens is 1460 g/mol. The molecule has 562 valence electrons. The van der Waals surface area contributed by atoms with Gasteiger partial charge in [0.05, 0.1) is 71.1 Å². The van der Waals surface area contributed by atoms with Gasteiger partial charge < -0.3 is 33.9 Å². The topological polar surface area (TPSA) is 150 Å². The summed E-state index contributed by atoms with van der Waals surface area (Å²) in [6.07, 6.45) is 22.8. The number of Topliss-reactive ketones (excluding diaryl/α,β-unsaturated/α-hetero) is 2. The fourth-order valence-corrected chi connectivity index (χ4v) is 14.9. The number of carbonyl (C=O) groups is 4. The maximum Gasteiger partial charge on any atom is 0.338 e. The van der Waals surface area contributed by atoms with Crippen LogP contribution in [0.1, 0.15) is 171 Å². The van der Waals surface area contributed by atoms with Gasteiger partial charge in [0.15, 0.2) is 22.9 Å². The minimum absolute atomic E-state index is 0.110. The Morgan fingerprint density at radius 1 is 0.567 bits per heavy atom. The number of aryl methyl sites for hydroxylation is 3. The number of fused-ring (bicyclic) bond motifs is 2. The van der Waals surface area contributed by atoms with Gasteiger partial charge in [0.1, 0.15) is 0 Å². The van der Waals surface area contributed by atoms with Gasteiger partial charge in [0.2, 0.25) is 0 Å². The van der Waals surface area contributed by atoms with E-state index in [0.29, 0.717) is 29.8 Å². The standard InChI is InChI=1S/C20H32N2O2.C19H28N2O2.C12H9NO2.C10H11BrO.C10H19NO.C10H7N.C2Cl4O/c1-4-16-5-6-17(20(2,3)23)15-19(16)22-9-7-18(8-10-22)21-11-13-24-14-12-21;1-3-16-4-5-17(15(2)22)14-19(16)21-8-6-18(7-9-21)20-10-12-23-13-11-20;1-13-9-4-6-10-8(7-9)3-5-11(10)12(14)15-2;1-3-8-4-5-9(7(2)12)6-10(8)11;1-2-4-10(5-3-1)11-6-8-12-9-7-11;1-11-10-6-5-8-3-2-4-9(8)7-10;3-1(7)2(4,5)6/h5-6,15,18,23H,4,7-14H2,1-3H3;4-5,14,18H,3,6-13H2,1-2H3;4-7H,3H2,2H3;4-6H,3H2,1-2H3;10H,1-9H2;2-3,5-7H,4H2;. The zero-order valence-corrected chi connectivity index (χ0v) is 66.7. The summed E-state index contributed by atoms with van der Waals surface area (Å²) in [6, 6.07) is 31.8. The molecule has 3 aliphatic carbocycles. The molecule has 13 rings (SSSR count). The highest BCUT2D eigenvalue weighted by Gasteiger charge is 2.31. The van der Waals surface area contributed by atoms with E-state index in [2.05, 4.69) is 118 Å². The monoisotopic (exact) mass is 1560 g/mol. The molecule has 1 N–H and O–H groups in total. The van der Waals surface area contributed by atoms with Crippen molar-refractivity contribution < 1.29 is 43.2 Å². The lowest BCUT2D eigenvalue weighted by atomic mass is 9.94. The number of methoxy groups -OCH3 is 1. The van der Waals surface area contributed by atoms with Crippen molar-refractivity contribution in [2.45, 2.75) is 166 Å². The van der Waals surface area contributed by atoms with Crippen LogP contribution >= 0.6 is 62.3 Å². The summed E-state index contributed by atoms with van der Waals surface area (Å²) in [4.78, 5) is 63.4. The highest BCUT2D eigenvalue weighted by molar-refractivity contribution is 9.10. The zero-order chi connectivity index (χ0) is 75.3. The molecule has 5 saturated heterocycles. The number of esters is 1. The summed E-state index contributed by atoms with van der Waals surface area (Å²) in [6.45, 7) is 43.6. The molecular formula is C83H106BrCl4N7O9. The molecule has 6 fully saturated rings. The fourth-order valence-electron chi connectivity index (χ4n) is 14.2. The van der Waals surface area contributed by atoms with Crippen molar-refractivity contribution in [1.82, 2.24) is 14.7 Å². The molecule has 0 aromatic heterocycles. The lowest BCUT2D eigenvalue weighted by molar-refractivity contribution is -0.133. The average molecular weight is 1570 g/mol. The van der Waals surface area contributed by atoms with Crippen molar-refractivity contribution in [3.63, 3.8) is 0 Å². The number of allylic oxidation sites excluding steroid dienone is 2. The molecule has 0 unspecified atom stereocenters. The first kappa shape index (κ1) is 85.3. The van der Waals surface area contributed by atoms with Crippen molar-refractivity contribution in [3.05, 3.63) is 186 Å². The maximum absolute atomic E-state index is 11.7. The Labute approximate surface area is 647 Å². The van der Waals surface area contributed by atoms with Gasteiger partial charge in [-0.15, -0.1) is 0 Å². The maximum atomic E-state index is 11.7. The minimum Gasteiger partial charge on any atom is -0.465 e. The van der Waals surface area contributed by atoms with E-state index in [1.165, 1.54) is 117 Å². The van der Waals surface area contributed by atoms with Gasteiger partial charge in [0.25, 0.3) is 9.03 Å². The third-order valence-corrected chi connectivity index (χ3v) is 22.1. The van der Waals surface area contributed by atoms with Crippen LogP contribution in [-0.4, -0.2) is 177 Å². The summed E-state index contributed by atoms with van der Waals surface area (Å²) in [5, 5.41) is 9.36.